The van der Waals surface area contributed by atoms with Gasteiger partial charge in [-0.1, -0.05) is 0 Å². The molecule has 0 saturated heterocycles. The number of hydrogen-bond donors (Lipinski definition) is 1. The largest absolute Gasteiger partial charge is 0.487 e. The molecule has 0 saturated carbocycles. The third-order valence-corrected chi connectivity index (χ3v) is 2.92. The monoisotopic (exact) mass is 287 g/mol. The fourth-order valence-corrected chi connectivity index (χ4v) is 1.85. The fraction of sp³-hybridized carbons (Fsp3) is 0.375. The Balaban J connectivity index is 1.79. The van der Waals surface area contributed by atoms with Crippen LogP contribution in [0.4, 0.5) is 0 Å². The van der Waals surface area contributed by atoms with Crippen molar-refractivity contribution in [1.29, 1.82) is 0 Å². The first-order chi connectivity index (χ1) is 10.3. The zero-order chi connectivity index (χ0) is 14.9. The summed E-state index contributed by atoms with van der Waals surface area (Å²) in [6.45, 7) is 4.76. The molecule has 0 unspecified atom stereocenters. The summed E-state index contributed by atoms with van der Waals surface area (Å²) in [5.74, 6) is 0.761. The van der Waals surface area contributed by atoms with Crippen LogP contribution in [-0.2, 0) is 17.9 Å². The number of pyridine rings is 2. The number of methoxy groups -OCH3 is 1. The lowest BCUT2D eigenvalue weighted by atomic mass is 10.2. The molecule has 112 valence electrons. The summed E-state index contributed by atoms with van der Waals surface area (Å²) in [6, 6.07) is 5.96. The van der Waals surface area contributed by atoms with E-state index in [4.69, 9.17) is 9.47 Å². The van der Waals surface area contributed by atoms with Crippen LogP contribution >= 0.6 is 0 Å². The van der Waals surface area contributed by atoms with Gasteiger partial charge in [-0.3, -0.25) is 9.97 Å². The van der Waals surface area contributed by atoms with E-state index in [0.717, 1.165) is 35.7 Å². The highest BCUT2D eigenvalue weighted by molar-refractivity contribution is 5.21. The third-order valence-electron chi connectivity index (χ3n) is 2.92. The van der Waals surface area contributed by atoms with E-state index in [1.54, 1.807) is 13.3 Å². The lowest BCUT2D eigenvalue weighted by molar-refractivity contribution is 0.199. The second-order valence-electron chi connectivity index (χ2n) is 4.81. The molecule has 2 rings (SSSR count). The second-order valence-corrected chi connectivity index (χ2v) is 4.81. The summed E-state index contributed by atoms with van der Waals surface area (Å²) in [5, 5.41) is 3.25. The minimum Gasteiger partial charge on any atom is -0.487 e. The number of aromatic nitrogens is 2. The maximum Gasteiger partial charge on any atom is 0.138 e. The number of aryl methyl sites for hydroxylation is 1. The summed E-state index contributed by atoms with van der Waals surface area (Å²) >= 11 is 0. The number of hydrogen-bond acceptors (Lipinski definition) is 5. The van der Waals surface area contributed by atoms with Crippen molar-refractivity contribution < 1.29 is 9.47 Å². The Hall–Kier alpha value is -1.98. The molecule has 0 aliphatic rings. The predicted octanol–water partition coefficient (Wildman–Crippen LogP) is 2.10. The maximum atomic E-state index is 5.70. The molecule has 2 heterocycles. The van der Waals surface area contributed by atoms with Gasteiger partial charge in [0.05, 0.1) is 18.5 Å². The number of ether oxygens (including phenoxy) is 2. The lowest BCUT2D eigenvalue weighted by Gasteiger charge is -2.07. The minimum atomic E-state index is 0.502. The van der Waals surface area contributed by atoms with Crippen LogP contribution in [0.25, 0.3) is 0 Å². The number of nitrogens with zero attached hydrogens (tertiary/aromatic N) is 2. The topological polar surface area (TPSA) is 56.3 Å². The Morgan fingerprint density at radius 1 is 1.19 bits per heavy atom. The van der Waals surface area contributed by atoms with Crippen LogP contribution in [-0.4, -0.2) is 30.2 Å². The molecule has 0 radical (unpaired) electrons. The average Bonchev–Trinajstić information content (AvgIpc) is 2.51. The zero-order valence-electron chi connectivity index (χ0n) is 12.5. The highest BCUT2D eigenvalue weighted by Crippen LogP contribution is 2.12. The fourth-order valence-electron chi connectivity index (χ4n) is 1.85. The van der Waals surface area contributed by atoms with Crippen LogP contribution in [0.15, 0.2) is 36.8 Å². The van der Waals surface area contributed by atoms with Crippen molar-refractivity contribution in [3.05, 3.63) is 53.6 Å². The summed E-state index contributed by atoms with van der Waals surface area (Å²) in [6.07, 6.45) is 5.39. The highest BCUT2D eigenvalue weighted by Gasteiger charge is 1.99. The van der Waals surface area contributed by atoms with E-state index in [1.165, 1.54) is 0 Å². The molecule has 0 spiro atoms. The summed E-state index contributed by atoms with van der Waals surface area (Å²) in [4.78, 5) is 8.51. The molecule has 21 heavy (non-hydrogen) atoms. The molecule has 0 amide bonds. The van der Waals surface area contributed by atoms with Crippen molar-refractivity contribution in [3.63, 3.8) is 0 Å². The van der Waals surface area contributed by atoms with Gasteiger partial charge in [0, 0.05) is 38.2 Å². The van der Waals surface area contributed by atoms with E-state index in [9.17, 15) is 0 Å². The molecule has 2 aromatic rings. The van der Waals surface area contributed by atoms with E-state index in [1.807, 2.05) is 31.5 Å². The van der Waals surface area contributed by atoms with Crippen molar-refractivity contribution in [2.45, 2.75) is 20.1 Å². The van der Waals surface area contributed by atoms with Gasteiger partial charge in [0.1, 0.15) is 12.4 Å². The molecule has 1 N–H and O–H groups in total. The Labute approximate surface area is 125 Å². The van der Waals surface area contributed by atoms with Crippen molar-refractivity contribution in [2.24, 2.45) is 0 Å². The average molecular weight is 287 g/mol. The number of nitrogens with one attached hydrogen (secondary N) is 1. The molecule has 0 aliphatic heterocycles. The van der Waals surface area contributed by atoms with Crippen molar-refractivity contribution in [2.75, 3.05) is 20.3 Å². The zero-order valence-corrected chi connectivity index (χ0v) is 12.5. The van der Waals surface area contributed by atoms with Gasteiger partial charge in [-0.25, -0.2) is 0 Å². The van der Waals surface area contributed by atoms with Gasteiger partial charge in [0.25, 0.3) is 0 Å². The first kappa shape index (κ1) is 15.4. The maximum absolute atomic E-state index is 5.70. The van der Waals surface area contributed by atoms with E-state index in [2.05, 4.69) is 21.4 Å². The number of rotatable bonds is 8. The van der Waals surface area contributed by atoms with Crippen LogP contribution in [0.5, 0.6) is 5.75 Å². The van der Waals surface area contributed by atoms with E-state index >= 15 is 0 Å². The standard InChI is InChI=1S/C16H21N3O2/c1-13-7-14(9-18-8-13)12-21-16-4-3-15(19-11-16)10-17-5-6-20-2/h3-4,7-9,11,17H,5-6,10,12H2,1-2H3. The molecule has 0 aliphatic carbocycles. The third kappa shape index (κ3) is 5.49. The van der Waals surface area contributed by atoms with Gasteiger partial charge in [0.2, 0.25) is 0 Å². The summed E-state index contributed by atoms with van der Waals surface area (Å²) in [5.41, 5.74) is 3.17. The van der Waals surface area contributed by atoms with Crippen LogP contribution in [0, 0.1) is 6.92 Å². The first-order valence-corrected chi connectivity index (χ1v) is 6.96. The van der Waals surface area contributed by atoms with E-state index < -0.39 is 0 Å². The Kier molecular flexibility index (Phi) is 6.12. The summed E-state index contributed by atoms with van der Waals surface area (Å²) < 4.78 is 10.7. The first-order valence-electron chi connectivity index (χ1n) is 6.96. The molecule has 0 fully saturated rings. The van der Waals surface area contributed by atoms with Gasteiger partial charge in [-0.15, -0.1) is 0 Å². The SMILES string of the molecule is COCCNCc1ccc(OCc2cncc(C)c2)cn1. The minimum absolute atomic E-state index is 0.502. The quantitative estimate of drug-likeness (QED) is 0.754. The van der Waals surface area contributed by atoms with Crippen molar-refractivity contribution >= 4 is 0 Å². The van der Waals surface area contributed by atoms with Gasteiger partial charge in [-0.05, 0) is 30.7 Å². The van der Waals surface area contributed by atoms with Crippen molar-refractivity contribution in [1.82, 2.24) is 15.3 Å². The molecule has 5 nitrogen and oxygen atoms in total. The van der Waals surface area contributed by atoms with Crippen LogP contribution < -0.4 is 10.1 Å². The second kappa shape index (κ2) is 8.34. The molecule has 5 heteroatoms. The smallest absolute Gasteiger partial charge is 0.138 e. The Bertz CT molecular complexity index is 543. The Morgan fingerprint density at radius 3 is 2.81 bits per heavy atom. The molecular formula is C16H21N3O2. The highest BCUT2D eigenvalue weighted by atomic mass is 16.5. The van der Waals surface area contributed by atoms with Gasteiger partial charge >= 0.3 is 0 Å². The van der Waals surface area contributed by atoms with Gasteiger partial charge in [-0.2, -0.15) is 0 Å². The van der Waals surface area contributed by atoms with E-state index in [-0.39, 0.29) is 0 Å². The van der Waals surface area contributed by atoms with Gasteiger partial charge < -0.3 is 14.8 Å². The predicted molar refractivity (Wildman–Crippen MR) is 81.1 cm³/mol. The van der Waals surface area contributed by atoms with E-state index in [0.29, 0.717) is 13.2 Å². The van der Waals surface area contributed by atoms with Crippen molar-refractivity contribution in [3.8, 4) is 5.75 Å². The molecule has 0 bridgehead atoms. The normalized spacial score (nSPS) is 10.6. The van der Waals surface area contributed by atoms with Crippen LogP contribution in [0.1, 0.15) is 16.8 Å². The Morgan fingerprint density at radius 2 is 2.10 bits per heavy atom. The van der Waals surface area contributed by atoms with Crippen LogP contribution in [0.3, 0.4) is 0 Å². The van der Waals surface area contributed by atoms with Gasteiger partial charge in [0.15, 0.2) is 0 Å². The molecule has 0 aromatic carbocycles. The molecule has 2 aromatic heterocycles. The van der Waals surface area contributed by atoms with Crippen LogP contribution in [0.2, 0.25) is 0 Å². The molecule has 0 atom stereocenters. The molecular weight excluding hydrogens is 266 g/mol. The lowest BCUT2D eigenvalue weighted by Crippen LogP contribution is -2.19. The summed E-state index contributed by atoms with van der Waals surface area (Å²) in [7, 11) is 1.69.